The van der Waals surface area contributed by atoms with Gasteiger partial charge in [0.2, 0.25) is 11.8 Å². The molecule has 1 atom stereocenters. The molecule has 3 fully saturated rings. The number of piperidine rings is 1. The summed E-state index contributed by atoms with van der Waals surface area (Å²) < 4.78 is 40.7. The Labute approximate surface area is 187 Å². The Hall–Kier alpha value is -1.80. The van der Waals surface area contributed by atoms with Gasteiger partial charge in [-0.15, -0.1) is 12.4 Å². The van der Waals surface area contributed by atoms with Gasteiger partial charge in [0.15, 0.2) is 11.6 Å². The van der Waals surface area contributed by atoms with Gasteiger partial charge in [-0.1, -0.05) is 12.8 Å². The fourth-order valence-electron chi connectivity index (χ4n) is 5.36. The molecule has 31 heavy (non-hydrogen) atoms. The van der Waals surface area contributed by atoms with Crippen molar-refractivity contribution in [2.24, 2.45) is 5.41 Å². The number of amides is 2. The SMILES string of the molecule is C[C@H](CN1CCN(c2cc(F)c(F)cc2F)CC1)N1C(=O)CC2(CCCC2)CC1=O.Cl. The Bertz CT molecular complexity index is 820. The van der Waals surface area contributed by atoms with Gasteiger partial charge >= 0.3 is 0 Å². The number of halogens is 4. The molecule has 1 aromatic rings. The first-order valence-electron chi connectivity index (χ1n) is 10.7. The number of nitrogens with zero attached hydrogens (tertiary/aromatic N) is 3. The number of carbonyl (C=O) groups excluding carboxylic acids is 2. The second-order valence-electron chi connectivity index (χ2n) is 9.07. The molecular formula is C22H29ClF3N3O2. The number of piperazine rings is 1. The number of rotatable bonds is 4. The molecule has 9 heteroatoms. The van der Waals surface area contributed by atoms with E-state index in [4.69, 9.17) is 0 Å². The molecule has 1 spiro atoms. The van der Waals surface area contributed by atoms with Crippen LogP contribution in [0.15, 0.2) is 12.1 Å². The fraction of sp³-hybridized carbons (Fsp3) is 0.636. The normalized spacial score (nSPS) is 22.7. The molecule has 2 saturated heterocycles. The standard InChI is InChI=1S/C22H28F3N3O2.ClH/c1-15(28-20(29)12-22(13-21(28)30)4-2-3-5-22)14-26-6-8-27(9-7-26)19-11-17(24)16(23)10-18(19)25;/h10-11,15H,2-9,12-14H2,1H3;1H/t15-;/m1./s1. The van der Waals surface area contributed by atoms with Crippen molar-refractivity contribution in [2.75, 3.05) is 37.6 Å². The van der Waals surface area contributed by atoms with Crippen molar-refractivity contribution >= 4 is 29.9 Å². The smallest absolute Gasteiger partial charge is 0.230 e. The lowest BCUT2D eigenvalue weighted by molar-refractivity contribution is -0.156. The maximum Gasteiger partial charge on any atom is 0.230 e. The highest BCUT2D eigenvalue weighted by Crippen LogP contribution is 2.47. The summed E-state index contributed by atoms with van der Waals surface area (Å²) in [6.45, 7) is 4.54. The minimum Gasteiger partial charge on any atom is -0.367 e. The molecular weight excluding hydrogens is 431 g/mol. The highest BCUT2D eigenvalue weighted by Gasteiger charge is 2.46. The second-order valence-corrected chi connectivity index (χ2v) is 9.07. The first-order chi connectivity index (χ1) is 14.3. The van der Waals surface area contributed by atoms with Crippen molar-refractivity contribution in [3.8, 4) is 0 Å². The van der Waals surface area contributed by atoms with Crippen molar-refractivity contribution in [2.45, 2.75) is 51.5 Å². The third-order valence-corrected chi connectivity index (χ3v) is 6.92. The number of carbonyl (C=O) groups is 2. The van der Waals surface area contributed by atoms with E-state index in [0.717, 1.165) is 31.7 Å². The van der Waals surface area contributed by atoms with Crippen molar-refractivity contribution in [1.82, 2.24) is 9.80 Å². The first-order valence-corrected chi connectivity index (χ1v) is 10.7. The Morgan fingerprint density at radius 2 is 1.45 bits per heavy atom. The summed E-state index contributed by atoms with van der Waals surface area (Å²) >= 11 is 0. The molecule has 2 aliphatic heterocycles. The van der Waals surface area contributed by atoms with Crippen LogP contribution >= 0.6 is 12.4 Å². The minimum absolute atomic E-state index is 0. The Morgan fingerprint density at radius 1 is 0.903 bits per heavy atom. The lowest BCUT2D eigenvalue weighted by Crippen LogP contribution is -2.56. The number of anilines is 1. The zero-order chi connectivity index (χ0) is 21.5. The summed E-state index contributed by atoms with van der Waals surface area (Å²) in [5.41, 5.74) is -0.0466. The van der Waals surface area contributed by atoms with Crippen LogP contribution in [0.4, 0.5) is 18.9 Å². The summed E-state index contributed by atoms with van der Waals surface area (Å²) in [7, 11) is 0. The molecule has 0 unspecified atom stereocenters. The Morgan fingerprint density at radius 3 is 2.03 bits per heavy atom. The Balaban J connectivity index is 0.00000272. The van der Waals surface area contributed by atoms with E-state index in [1.54, 1.807) is 4.90 Å². The van der Waals surface area contributed by atoms with E-state index in [-0.39, 0.29) is 41.4 Å². The summed E-state index contributed by atoms with van der Waals surface area (Å²) in [4.78, 5) is 30.8. The highest BCUT2D eigenvalue weighted by molar-refractivity contribution is 5.99. The maximum atomic E-state index is 14.0. The van der Waals surface area contributed by atoms with E-state index >= 15 is 0 Å². The molecule has 172 valence electrons. The van der Waals surface area contributed by atoms with E-state index < -0.39 is 17.5 Å². The summed E-state index contributed by atoms with van der Waals surface area (Å²) in [5, 5.41) is 0. The molecule has 0 bridgehead atoms. The lowest BCUT2D eigenvalue weighted by atomic mass is 9.76. The van der Waals surface area contributed by atoms with Gasteiger partial charge in [-0.25, -0.2) is 13.2 Å². The van der Waals surface area contributed by atoms with Gasteiger partial charge in [0, 0.05) is 63.7 Å². The van der Waals surface area contributed by atoms with E-state index in [0.29, 0.717) is 51.6 Å². The molecule has 1 saturated carbocycles. The van der Waals surface area contributed by atoms with Crippen LogP contribution in [0.1, 0.15) is 45.4 Å². The van der Waals surface area contributed by atoms with Crippen LogP contribution in [0, 0.1) is 22.9 Å². The summed E-state index contributed by atoms with van der Waals surface area (Å²) in [6, 6.07) is 1.24. The zero-order valence-corrected chi connectivity index (χ0v) is 18.5. The molecule has 2 amide bonds. The van der Waals surface area contributed by atoms with Crippen molar-refractivity contribution in [3.63, 3.8) is 0 Å². The molecule has 0 radical (unpaired) electrons. The van der Waals surface area contributed by atoms with Crippen LogP contribution < -0.4 is 4.90 Å². The van der Waals surface area contributed by atoms with Crippen molar-refractivity contribution in [1.29, 1.82) is 0 Å². The van der Waals surface area contributed by atoms with Crippen LogP contribution in [0.3, 0.4) is 0 Å². The second kappa shape index (κ2) is 9.36. The average molecular weight is 460 g/mol. The molecule has 1 aliphatic carbocycles. The number of hydrogen-bond donors (Lipinski definition) is 0. The third-order valence-electron chi connectivity index (χ3n) is 6.92. The Kier molecular flexibility index (Phi) is 7.21. The quantitative estimate of drug-likeness (QED) is 0.508. The molecule has 1 aromatic carbocycles. The van der Waals surface area contributed by atoms with Crippen LogP contribution in [-0.2, 0) is 9.59 Å². The predicted molar refractivity (Wildman–Crippen MR) is 114 cm³/mol. The third kappa shape index (κ3) is 4.85. The number of hydrogen-bond acceptors (Lipinski definition) is 4. The predicted octanol–water partition coefficient (Wildman–Crippen LogP) is 3.75. The topological polar surface area (TPSA) is 43.9 Å². The van der Waals surface area contributed by atoms with Crippen LogP contribution in [-0.4, -0.2) is 60.4 Å². The number of benzene rings is 1. The first kappa shape index (κ1) is 23.9. The highest BCUT2D eigenvalue weighted by atomic mass is 35.5. The molecule has 0 aromatic heterocycles. The van der Waals surface area contributed by atoms with Gasteiger partial charge in [-0.3, -0.25) is 19.4 Å². The van der Waals surface area contributed by atoms with Crippen LogP contribution in [0.25, 0.3) is 0 Å². The number of imide groups is 1. The van der Waals surface area contributed by atoms with Gasteiger partial charge in [0.25, 0.3) is 0 Å². The van der Waals surface area contributed by atoms with Gasteiger partial charge in [0.1, 0.15) is 5.82 Å². The minimum atomic E-state index is -1.20. The summed E-state index contributed by atoms with van der Waals surface area (Å²) in [5.74, 6) is -3.17. The van der Waals surface area contributed by atoms with Gasteiger partial charge in [-0.05, 0) is 25.2 Å². The molecule has 3 aliphatic rings. The molecule has 0 N–H and O–H groups in total. The number of likely N-dealkylation sites (tertiary alicyclic amines) is 1. The monoisotopic (exact) mass is 459 g/mol. The molecule has 4 rings (SSSR count). The van der Waals surface area contributed by atoms with Crippen molar-refractivity contribution < 1.29 is 22.8 Å². The summed E-state index contributed by atoms with van der Waals surface area (Å²) in [6.07, 6.45) is 5.06. The van der Waals surface area contributed by atoms with E-state index in [1.807, 2.05) is 6.92 Å². The van der Waals surface area contributed by atoms with E-state index in [9.17, 15) is 22.8 Å². The molecule has 5 nitrogen and oxygen atoms in total. The zero-order valence-electron chi connectivity index (χ0n) is 17.7. The van der Waals surface area contributed by atoms with E-state index in [1.165, 1.54) is 4.90 Å². The van der Waals surface area contributed by atoms with Gasteiger partial charge in [0.05, 0.1) is 5.69 Å². The largest absolute Gasteiger partial charge is 0.367 e. The van der Waals surface area contributed by atoms with Gasteiger partial charge < -0.3 is 4.90 Å². The van der Waals surface area contributed by atoms with Crippen LogP contribution in [0.5, 0.6) is 0 Å². The van der Waals surface area contributed by atoms with Crippen LogP contribution in [0.2, 0.25) is 0 Å². The molecule has 2 heterocycles. The average Bonchev–Trinajstić information content (AvgIpc) is 3.12. The maximum absolute atomic E-state index is 14.0. The van der Waals surface area contributed by atoms with E-state index in [2.05, 4.69) is 4.90 Å². The lowest BCUT2D eigenvalue weighted by Gasteiger charge is -2.42. The van der Waals surface area contributed by atoms with Gasteiger partial charge in [-0.2, -0.15) is 0 Å². The fourth-order valence-corrected chi connectivity index (χ4v) is 5.36. The van der Waals surface area contributed by atoms with Crippen molar-refractivity contribution in [3.05, 3.63) is 29.6 Å².